The maximum atomic E-state index is 4.14. The van der Waals surface area contributed by atoms with Crippen LogP contribution in [-0.4, -0.2) is 16.1 Å². The number of nitrogens with one attached hydrogen (secondary N) is 1. The Balaban J connectivity index is 2.64. The Morgan fingerprint density at radius 1 is 1.60 bits per heavy atom. The van der Waals surface area contributed by atoms with Crippen molar-refractivity contribution < 1.29 is 0 Å². The van der Waals surface area contributed by atoms with Crippen molar-refractivity contribution in [3.63, 3.8) is 0 Å². The molecule has 15 heavy (non-hydrogen) atoms. The molecule has 0 aliphatic heterocycles. The largest absolute Gasteiger partial charge is 0.336 e. The molecule has 1 atom stereocenters. The first-order valence-corrected chi connectivity index (χ1v) is 5.38. The van der Waals surface area contributed by atoms with Crippen LogP contribution < -0.4 is 5.32 Å². The first-order chi connectivity index (χ1) is 7.29. The van der Waals surface area contributed by atoms with Crippen molar-refractivity contribution in [1.82, 2.24) is 14.9 Å². The first-order valence-electron chi connectivity index (χ1n) is 5.38. The van der Waals surface area contributed by atoms with E-state index in [-0.39, 0.29) is 0 Å². The Morgan fingerprint density at radius 2 is 2.40 bits per heavy atom. The molecule has 3 nitrogen and oxygen atoms in total. The topological polar surface area (TPSA) is 29.9 Å². The maximum Gasteiger partial charge on any atom is 0.0946 e. The van der Waals surface area contributed by atoms with Gasteiger partial charge in [0.05, 0.1) is 12.0 Å². The number of aryl methyl sites for hydroxylation is 1. The zero-order chi connectivity index (χ0) is 11.1. The van der Waals surface area contributed by atoms with E-state index in [0.717, 1.165) is 19.4 Å². The van der Waals surface area contributed by atoms with Gasteiger partial charge >= 0.3 is 0 Å². The summed E-state index contributed by atoms with van der Waals surface area (Å²) in [7, 11) is 2.03. The summed E-state index contributed by atoms with van der Waals surface area (Å²) in [6.07, 6.45) is 5.73. The summed E-state index contributed by atoms with van der Waals surface area (Å²) < 4.78 is 2.06. The SMILES string of the molecule is CC#CCCC(NCC)c1cncn1C. The number of aromatic nitrogens is 2. The quantitative estimate of drug-likeness (QED) is 0.744. The highest BCUT2D eigenvalue weighted by Crippen LogP contribution is 2.16. The van der Waals surface area contributed by atoms with Crippen molar-refractivity contribution in [2.45, 2.75) is 32.7 Å². The smallest absolute Gasteiger partial charge is 0.0946 e. The lowest BCUT2D eigenvalue weighted by molar-refractivity contribution is 0.496. The van der Waals surface area contributed by atoms with E-state index >= 15 is 0 Å². The van der Waals surface area contributed by atoms with Crippen molar-refractivity contribution in [2.75, 3.05) is 6.54 Å². The fourth-order valence-corrected chi connectivity index (χ4v) is 1.65. The van der Waals surface area contributed by atoms with Crippen LogP contribution in [0.2, 0.25) is 0 Å². The number of imidazole rings is 1. The molecule has 0 amide bonds. The summed E-state index contributed by atoms with van der Waals surface area (Å²) in [5.74, 6) is 6.02. The molecule has 1 heterocycles. The molecule has 0 aromatic carbocycles. The highest BCUT2D eigenvalue weighted by Gasteiger charge is 2.12. The molecule has 0 fully saturated rings. The lowest BCUT2D eigenvalue weighted by Gasteiger charge is -2.16. The van der Waals surface area contributed by atoms with Crippen LogP contribution in [0.3, 0.4) is 0 Å². The monoisotopic (exact) mass is 205 g/mol. The summed E-state index contributed by atoms with van der Waals surface area (Å²) in [6, 6.07) is 0.364. The summed E-state index contributed by atoms with van der Waals surface area (Å²) in [6.45, 7) is 4.97. The van der Waals surface area contributed by atoms with Crippen molar-refractivity contribution in [3.05, 3.63) is 18.2 Å². The highest BCUT2D eigenvalue weighted by molar-refractivity contribution is 5.06. The number of rotatable bonds is 5. The molecule has 1 rings (SSSR count). The average Bonchev–Trinajstić information content (AvgIpc) is 2.64. The summed E-state index contributed by atoms with van der Waals surface area (Å²) in [4.78, 5) is 4.14. The summed E-state index contributed by atoms with van der Waals surface area (Å²) in [5.41, 5.74) is 1.23. The third-order valence-electron chi connectivity index (χ3n) is 2.40. The predicted molar refractivity (Wildman–Crippen MR) is 62.3 cm³/mol. The Labute approximate surface area is 91.9 Å². The Hall–Kier alpha value is -1.27. The van der Waals surface area contributed by atoms with Gasteiger partial charge in [-0.3, -0.25) is 0 Å². The van der Waals surface area contributed by atoms with E-state index in [1.165, 1.54) is 5.69 Å². The molecular formula is C12H19N3. The molecule has 0 radical (unpaired) electrons. The van der Waals surface area contributed by atoms with Crippen LogP contribution in [0.25, 0.3) is 0 Å². The van der Waals surface area contributed by atoms with Crippen molar-refractivity contribution in [3.8, 4) is 11.8 Å². The molecule has 0 aliphatic rings. The van der Waals surface area contributed by atoms with Gasteiger partial charge < -0.3 is 9.88 Å². The third-order valence-corrected chi connectivity index (χ3v) is 2.40. The molecule has 1 N–H and O–H groups in total. The lowest BCUT2D eigenvalue weighted by atomic mass is 10.1. The number of hydrogen-bond acceptors (Lipinski definition) is 2. The molecule has 1 unspecified atom stereocenters. The zero-order valence-electron chi connectivity index (χ0n) is 9.75. The van der Waals surface area contributed by atoms with Crippen LogP contribution in [0.1, 0.15) is 38.4 Å². The third kappa shape index (κ3) is 3.41. The van der Waals surface area contributed by atoms with Crippen LogP contribution in [0.15, 0.2) is 12.5 Å². The molecule has 1 aromatic rings. The molecule has 0 spiro atoms. The maximum absolute atomic E-state index is 4.14. The molecule has 0 saturated carbocycles. The Bertz CT molecular complexity index is 343. The van der Waals surface area contributed by atoms with E-state index < -0.39 is 0 Å². The average molecular weight is 205 g/mol. The minimum absolute atomic E-state index is 0.364. The Morgan fingerprint density at radius 3 is 2.93 bits per heavy atom. The van der Waals surface area contributed by atoms with E-state index in [0.29, 0.717) is 6.04 Å². The van der Waals surface area contributed by atoms with E-state index in [1.54, 1.807) is 0 Å². The summed E-state index contributed by atoms with van der Waals surface area (Å²) >= 11 is 0. The zero-order valence-corrected chi connectivity index (χ0v) is 9.75. The minimum Gasteiger partial charge on any atom is -0.336 e. The van der Waals surface area contributed by atoms with Gasteiger partial charge in [-0.25, -0.2) is 4.98 Å². The van der Waals surface area contributed by atoms with E-state index in [1.807, 2.05) is 26.5 Å². The normalized spacial score (nSPS) is 11.9. The fraction of sp³-hybridized carbons (Fsp3) is 0.583. The highest BCUT2D eigenvalue weighted by atomic mass is 15.1. The number of hydrogen-bond donors (Lipinski definition) is 1. The summed E-state index contributed by atoms with van der Waals surface area (Å²) in [5, 5.41) is 3.46. The van der Waals surface area contributed by atoms with Crippen molar-refractivity contribution in [2.24, 2.45) is 7.05 Å². The van der Waals surface area contributed by atoms with E-state index in [2.05, 4.69) is 33.6 Å². The van der Waals surface area contributed by atoms with E-state index in [9.17, 15) is 0 Å². The molecular weight excluding hydrogens is 186 g/mol. The first kappa shape index (κ1) is 11.8. The van der Waals surface area contributed by atoms with Crippen LogP contribution >= 0.6 is 0 Å². The number of nitrogens with zero attached hydrogens (tertiary/aromatic N) is 2. The van der Waals surface area contributed by atoms with Gasteiger partial charge in [0.25, 0.3) is 0 Å². The van der Waals surface area contributed by atoms with Crippen molar-refractivity contribution >= 4 is 0 Å². The Kier molecular flexibility index (Phi) is 4.92. The molecule has 82 valence electrons. The molecule has 1 aromatic heterocycles. The van der Waals surface area contributed by atoms with Crippen molar-refractivity contribution in [1.29, 1.82) is 0 Å². The second-order valence-corrected chi connectivity index (χ2v) is 3.51. The molecule has 0 bridgehead atoms. The molecule has 0 aliphatic carbocycles. The van der Waals surface area contributed by atoms with Gasteiger partial charge in [0.2, 0.25) is 0 Å². The van der Waals surface area contributed by atoms with E-state index in [4.69, 9.17) is 0 Å². The molecule has 3 heteroatoms. The van der Waals surface area contributed by atoms with Gasteiger partial charge in [-0.2, -0.15) is 0 Å². The van der Waals surface area contributed by atoms with Gasteiger partial charge in [0, 0.05) is 25.7 Å². The standard InChI is InChI=1S/C12H19N3/c1-4-6-7-8-11(14-5-2)12-9-13-10-15(12)3/h9-11,14H,5,7-8H2,1-3H3. The van der Waals surface area contributed by atoms with Gasteiger partial charge in [-0.1, -0.05) is 6.92 Å². The molecule has 0 saturated heterocycles. The predicted octanol–water partition coefficient (Wildman–Crippen LogP) is 1.87. The van der Waals surface area contributed by atoms with Gasteiger partial charge in [-0.15, -0.1) is 11.8 Å². The second-order valence-electron chi connectivity index (χ2n) is 3.51. The van der Waals surface area contributed by atoms with Gasteiger partial charge in [0.1, 0.15) is 0 Å². The lowest BCUT2D eigenvalue weighted by Crippen LogP contribution is -2.22. The van der Waals surface area contributed by atoms with Gasteiger partial charge in [0.15, 0.2) is 0 Å². The van der Waals surface area contributed by atoms with Crippen LogP contribution in [0, 0.1) is 11.8 Å². The second kappa shape index (κ2) is 6.26. The minimum atomic E-state index is 0.364. The fourth-order valence-electron chi connectivity index (χ4n) is 1.65. The van der Waals surface area contributed by atoms with Gasteiger partial charge in [-0.05, 0) is 19.9 Å². The van der Waals surface area contributed by atoms with Crippen LogP contribution in [-0.2, 0) is 7.05 Å². The van der Waals surface area contributed by atoms with Crippen LogP contribution in [0.4, 0.5) is 0 Å². The van der Waals surface area contributed by atoms with Crippen LogP contribution in [0.5, 0.6) is 0 Å².